The first-order chi connectivity index (χ1) is 7.22. The molecule has 2 rings (SSSR count). The number of halogens is 1. The molecular formula is C12H13ClOS. The Morgan fingerprint density at radius 1 is 1.33 bits per heavy atom. The first-order valence-corrected chi connectivity index (χ1v) is 6.05. The highest BCUT2D eigenvalue weighted by Gasteiger charge is 2.07. The zero-order valence-electron chi connectivity index (χ0n) is 9.00. The van der Waals surface area contributed by atoms with E-state index in [0.29, 0.717) is 5.02 Å². The monoisotopic (exact) mass is 240 g/mol. The standard InChI is InChI=1S/C10H7ClOS.C2H6/c1-6-9(5-12)8-4-7(11)2-3-10(8)13-6;1-2/h2-5H,1H3;1-2H3. The second-order valence-corrected chi connectivity index (χ2v) is 4.52. The van der Waals surface area contributed by atoms with Crippen LogP contribution in [0.1, 0.15) is 29.1 Å². The first kappa shape index (κ1) is 12.2. The van der Waals surface area contributed by atoms with E-state index < -0.39 is 0 Å². The van der Waals surface area contributed by atoms with Gasteiger partial charge in [0.25, 0.3) is 0 Å². The van der Waals surface area contributed by atoms with Crippen LogP contribution in [0.25, 0.3) is 10.1 Å². The Labute approximate surface area is 98.7 Å². The van der Waals surface area contributed by atoms with E-state index >= 15 is 0 Å². The third-order valence-electron chi connectivity index (χ3n) is 1.99. The van der Waals surface area contributed by atoms with Crippen molar-refractivity contribution in [3.05, 3.63) is 33.7 Å². The Hall–Kier alpha value is -0.860. The molecule has 3 heteroatoms. The van der Waals surface area contributed by atoms with Gasteiger partial charge in [-0.3, -0.25) is 4.79 Å². The van der Waals surface area contributed by atoms with Crippen LogP contribution in [0.15, 0.2) is 18.2 Å². The summed E-state index contributed by atoms with van der Waals surface area (Å²) >= 11 is 7.47. The molecule has 0 spiro atoms. The number of aryl methyl sites for hydroxylation is 1. The number of fused-ring (bicyclic) bond motifs is 1. The van der Waals surface area contributed by atoms with Crippen LogP contribution in [0.3, 0.4) is 0 Å². The number of hydrogen-bond acceptors (Lipinski definition) is 2. The highest BCUT2D eigenvalue weighted by molar-refractivity contribution is 7.19. The number of benzene rings is 1. The van der Waals surface area contributed by atoms with Gasteiger partial charge in [-0.15, -0.1) is 11.3 Å². The van der Waals surface area contributed by atoms with Gasteiger partial charge in [0.2, 0.25) is 0 Å². The predicted octanol–water partition coefficient (Wildman–Crippen LogP) is 4.70. The fourth-order valence-corrected chi connectivity index (χ4v) is 2.54. The van der Waals surface area contributed by atoms with Crippen molar-refractivity contribution >= 4 is 39.3 Å². The number of aldehydes is 1. The summed E-state index contributed by atoms with van der Waals surface area (Å²) in [4.78, 5) is 11.8. The van der Waals surface area contributed by atoms with Gasteiger partial charge in [0.15, 0.2) is 6.29 Å². The number of carbonyl (C=O) groups is 1. The summed E-state index contributed by atoms with van der Waals surface area (Å²) in [5.41, 5.74) is 0.766. The molecule has 0 aliphatic rings. The predicted molar refractivity (Wildman–Crippen MR) is 68.3 cm³/mol. The van der Waals surface area contributed by atoms with Crippen LogP contribution in [0.4, 0.5) is 0 Å². The average Bonchev–Trinajstić information content (AvgIpc) is 2.56. The van der Waals surface area contributed by atoms with Gasteiger partial charge in [-0.2, -0.15) is 0 Å². The van der Waals surface area contributed by atoms with Crippen molar-refractivity contribution in [1.29, 1.82) is 0 Å². The Balaban J connectivity index is 0.000000531. The number of thiophene rings is 1. The second-order valence-electron chi connectivity index (χ2n) is 2.83. The van der Waals surface area contributed by atoms with E-state index in [0.717, 1.165) is 26.8 Å². The Morgan fingerprint density at radius 3 is 2.60 bits per heavy atom. The molecular weight excluding hydrogens is 228 g/mol. The molecule has 80 valence electrons. The average molecular weight is 241 g/mol. The van der Waals surface area contributed by atoms with Crippen LogP contribution in [0.2, 0.25) is 5.02 Å². The maximum absolute atomic E-state index is 10.8. The summed E-state index contributed by atoms with van der Waals surface area (Å²) in [6.07, 6.45) is 0.893. The topological polar surface area (TPSA) is 17.1 Å². The first-order valence-electron chi connectivity index (χ1n) is 4.86. The minimum absolute atomic E-state index is 0.674. The van der Waals surface area contributed by atoms with E-state index in [-0.39, 0.29) is 0 Å². The van der Waals surface area contributed by atoms with Crippen LogP contribution in [0, 0.1) is 6.92 Å². The molecule has 0 saturated carbocycles. The summed E-state index contributed by atoms with van der Waals surface area (Å²) in [6.45, 7) is 5.95. The smallest absolute Gasteiger partial charge is 0.151 e. The SMILES string of the molecule is CC.Cc1sc2ccc(Cl)cc2c1C=O. The summed E-state index contributed by atoms with van der Waals surface area (Å²) in [6, 6.07) is 5.63. The van der Waals surface area contributed by atoms with Gasteiger partial charge in [-0.05, 0) is 25.1 Å². The molecule has 2 aromatic rings. The molecule has 0 unspecified atom stereocenters. The molecule has 0 bridgehead atoms. The lowest BCUT2D eigenvalue weighted by Crippen LogP contribution is -1.78. The highest BCUT2D eigenvalue weighted by Crippen LogP contribution is 2.31. The third-order valence-corrected chi connectivity index (χ3v) is 3.33. The minimum Gasteiger partial charge on any atom is -0.298 e. The molecule has 0 atom stereocenters. The molecule has 0 amide bonds. The lowest BCUT2D eigenvalue weighted by atomic mass is 10.1. The van der Waals surface area contributed by atoms with Gasteiger partial charge >= 0.3 is 0 Å². The number of carbonyl (C=O) groups excluding carboxylic acids is 1. The van der Waals surface area contributed by atoms with Crippen molar-refractivity contribution in [3.8, 4) is 0 Å². The minimum atomic E-state index is 0.674. The maximum atomic E-state index is 10.8. The van der Waals surface area contributed by atoms with E-state index in [1.54, 1.807) is 11.3 Å². The quantitative estimate of drug-likeness (QED) is 0.661. The van der Waals surface area contributed by atoms with Crippen LogP contribution >= 0.6 is 22.9 Å². The van der Waals surface area contributed by atoms with Crippen LogP contribution in [0.5, 0.6) is 0 Å². The molecule has 0 fully saturated rings. The van der Waals surface area contributed by atoms with Gasteiger partial charge in [-0.25, -0.2) is 0 Å². The van der Waals surface area contributed by atoms with Crippen LogP contribution in [-0.2, 0) is 0 Å². The van der Waals surface area contributed by atoms with Crippen molar-refractivity contribution in [2.45, 2.75) is 20.8 Å². The van der Waals surface area contributed by atoms with E-state index in [2.05, 4.69) is 0 Å². The third kappa shape index (κ3) is 2.39. The molecule has 1 nitrogen and oxygen atoms in total. The van der Waals surface area contributed by atoms with E-state index in [9.17, 15) is 4.79 Å². The molecule has 0 aliphatic heterocycles. The summed E-state index contributed by atoms with van der Waals surface area (Å²) in [5.74, 6) is 0. The molecule has 1 aromatic heterocycles. The highest BCUT2D eigenvalue weighted by atomic mass is 35.5. The van der Waals surface area contributed by atoms with E-state index in [1.165, 1.54) is 0 Å². The van der Waals surface area contributed by atoms with Crippen molar-refractivity contribution in [2.24, 2.45) is 0 Å². The molecule has 1 aromatic carbocycles. The van der Waals surface area contributed by atoms with Gasteiger partial charge in [0.05, 0.1) is 0 Å². The zero-order chi connectivity index (χ0) is 11.4. The van der Waals surface area contributed by atoms with Gasteiger partial charge < -0.3 is 0 Å². The Morgan fingerprint density at radius 2 is 2.00 bits per heavy atom. The summed E-state index contributed by atoms with van der Waals surface area (Å²) in [5, 5.41) is 1.64. The van der Waals surface area contributed by atoms with Crippen molar-refractivity contribution < 1.29 is 4.79 Å². The lowest BCUT2D eigenvalue weighted by molar-refractivity contribution is 0.112. The molecule has 0 saturated heterocycles. The number of rotatable bonds is 1. The fraction of sp³-hybridized carbons (Fsp3) is 0.250. The summed E-state index contributed by atoms with van der Waals surface area (Å²) in [7, 11) is 0. The Kier molecular flexibility index (Phi) is 4.30. The largest absolute Gasteiger partial charge is 0.298 e. The molecule has 0 N–H and O–H groups in total. The van der Waals surface area contributed by atoms with E-state index in [4.69, 9.17) is 11.6 Å². The molecule has 0 radical (unpaired) electrons. The molecule has 0 aliphatic carbocycles. The van der Waals surface area contributed by atoms with Gasteiger partial charge in [0, 0.05) is 25.5 Å². The molecule has 15 heavy (non-hydrogen) atoms. The maximum Gasteiger partial charge on any atom is 0.151 e. The molecule has 1 heterocycles. The second kappa shape index (κ2) is 5.29. The fourth-order valence-electron chi connectivity index (χ4n) is 1.36. The normalized spacial score (nSPS) is 9.60. The van der Waals surface area contributed by atoms with Crippen LogP contribution < -0.4 is 0 Å². The van der Waals surface area contributed by atoms with Crippen molar-refractivity contribution in [1.82, 2.24) is 0 Å². The lowest BCUT2D eigenvalue weighted by Gasteiger charge is -1.91. The van der Waals surface area contributed by atoms with Gasteiger partial charge in [-0.1, -0.05) is 25.4 Å². The Bertz CT molecular complexity index is 474. The van der Waals surface area contributed by atoms with Gasteiger partial charge in [0.1, 0.15) is 0 Å². The van der Waals surface area contributed by atoms with E-state index in [1.807, 2.05) is 39.0 Å². The van der Waals surface area contributed by atoms with Crippen molar-refractivity contribution in [3.63, 3.8) is 0 Å². The zero-order valence-corrected chi connectivity index (χ0v) is 10.6. The summed E-state index contributed by atoms with van der Waals surface area (Å²) < 4.78 is 1.11. The van der Waals surface area contributed by atoms with Crippen molar-refractivity contribution in [2.75, 3.05) is 0 Å². The van der Waals surface area contributed by atoms with Crippen LogP contribution in [-0.4, -0.2) is 6.29 Å². The number of hydrogen-bond donors (Lipinski definition) is 0.